The van der Waals surface area contributed by atoms with Crippen molar-refractivity contribution in [1.29, 1.82) is 0 Å². The number of aromatic nitrogens is 2. The summed E-state index contributed by atoms with van der Waals surface area (Å²) in [5, 5.41) is 2.75. The van der Waals surface area contributed by atoms with E-state index in [0.717, 1.165) is 10.2 Å². The topological polar surface area (TPSA) is 51.8 Å². The molecule has 0 bridgehead atoms. The van der Waals surface area contributed by atoms with Gasteiger partial charge in [0.05, 0.1) is 5.39 Å². The number of rotatable bonds is 1. The first-order chi connectivity index (χ1) is 8.24. The lowest BCUT2D eigenvalue weighted by atomic mass is 10.2. The summed E-state index contributed by atoms with van der Waals surface area (Å²) >= 11 is 1.49. The first kappa shape index (κ1) is 10.2. The number of thiophene rings is 1. The highest BCUT2D eigenvalue weighted by atomic mass is 32.1. The molecule has 0 amide bonds. The minimum Gasteiger partial charge on any atom is -0.383 e. The average molecular weight is 245 g/mol. The van der Waals surface area contributed by atoms with Gasteiger partial charge in [-0.05, 0) is 23.6 Å². The Hall–Kier alpha value is -2.01. The number of anilines is 1. The average Bonchev–Trinajstić information content (AvgIpc) is 2.77. The van der Waals surface area contributed by atoms with E-state index in [1.165, 1.54) is 23.5 Å². The second kappa shape index (κ2) is 3.78. The maximum absolute atomic E-state index is 13.1. The van der Waals surface area contributed by atoms with E-state index in [1.54, 1.807) is 12.1 Å². The fourth-order valence-electron chi connectivity index (χ4n) is 1.63. The fourth-order valence-corrected chi connectivity index (χ4v) is 2.41. The van der Waals surface area contributed by atoms with Crippen molar-refractivity contribution in [2.24, 2.45) is 0 Å². The number of fused-ring (bicyclic) bond motifs is 1. The van der Waals surface area contributed by atoms with E-state index in [-0.39, 0.29) is 5.82 Å². The molecule has 2 heterocycles. The van der Waals surface area contributed by atoms with Crippen molar-refractivity contribution in [3.63, 3.8) is 0 Å². The Balaban J connectivity index is 2.23. The molecule has 3 rings (SSSR count). The minimum absolute atomic E-state index is 0.309. The van der Waals surface area contributed by atoms with Gasteiger partial charge in [0.25, 0.3) is 0 Å². The van der Waals surface area contributed by atoms with Crippen LogP contribution >= 0.6 is 11.3 Å². The molecule has 0 spiro atoms. The summed E-state index contributed by atoms with van der Waals surface area (Å²) in [5.41, 5.74) is 6.47. The Labute approximate surface area is 101 Å². The number of benzene rings is 1. The van der Waals surface area contributed by atoms with E-state index in [1.807, 2.05) is 11.4 Å². The van der Waals surface area contributed by atoms with Gasteiger partial charge in [-0.15, -0.1) is 11.3 Å². The van der Waals surface area contributed by atoms with Crippen molar-refractivity contribution < 1.29 is 4.39 Å². The van der Waals surface area contributed by atoms with Crippen LogP contribution in [0.15, 0.2) is 35.7 Å². The van der Waals surface area contributed by atoms with Gasteiger partial charge in [-0.25, -0.2) is 14.4 Å². The fraction of sp³-hybridized carbons (Fsp3) is 0. The lowest BCUT2D eigenvalue weighted by Crippen LogP contribution is -1.96. The molecule has 0 fully saturated rings. The highest BCUT2D eigenvalue weighted by Crippen LogP contribution is 2.26. The van der Waals surface area contributed by atoms with Gasteiger partial charge in [-0.3, -0.25) is 0 Å². The molecule has 0 aliphatic rings. The van der Waals surface area contributed by atoms with Crippen LogP contribution in [-0.4, -0.2) is 9.97 Å². The molecule has 0 aliphatic heterocycles. The zero-order chi connectivity index (χ0) is 11.8. The predicted octanol–water partition coefficient (Wildman–Crippen LogP) is 3.08. The molecular weight excluding hydrogens is 237 g/mol. The van der Waals surface area contributed by atoms with Gasteiger partial charge >= 0.3 is 0 Å². The molecule has 2 N–H and O–H groups in total. The van der Waals surface area contributed by atoms with E-state index < -0.39 is 0 Å². The first-order valence-electron chi connectivity index (χ1n) is 5.01. The second-order valence-electron chi connectivity index (χ2n) is 3.58. The Kier molecular flexibility index (Phi) is 2.26. The molecule has 84 valence electrons. The number of hydrogen-bond donors (Lipinski definition) is 1. The van der Waals surface area contributed by atoms with Crippen molar-refractivity contribution in [2.75, 3.05) is 5.73 Å². The molecule has 0 aliphatic carbocycles. The Morgan fingerprint density at radius 1 is 1.18 bits per heavy atom. The van der Waals surface area contributed by atoms with E-state index in [2.05, 4.69) is 9.97 Å². The van der Waals surface area contributed by atoms with Crippen molar-refractivity contribution in [3.05, 3.63) is 41.5 Å². The number of hydrogen-bond acceptors (Lipinski definition) is 4. The van der Waals surface area contributed by atoms with Gasteiger partial charge in [0.15, 0.2) is 5.82 Å². The van der Waals surface area contributed by atoms with Crippen molar-refractivity contribution >= 4 is 27.4 Å². The van der Waals surface area contributed by atoms with Crippen LogP contribution in [0.1, 0.15) is 0 Å². The van der Waals surface area contributed by atoms with E-state index >= 15 is 0 Å². The lowest BCUT2D eigenvalue weighted by molar-refractivity contribution is 0.628. The largest absolute Gasteiger partial charge is 0.383 e. The molecule has 0 saturated heterocycles. The zero-order valence-electron chi connectivity index (χ0n) is 8.72. The second-order valence-corrected chi connectivity index (χ2v) is 4.48. The van der Waals surface area contributed by atoms with E-state index in [4.69, 9.17) is 5.73 Å². The summed E-state index contributed by atoms with van der Waals surface area (Å²) < 4.78 is 13.1. The van der Waals surface area contributed by atoms with Crippen molar-refractivity contribution in [1.82, 2.24) is 9.97 Å². The van der Waals surface area contributed by atoms with Crippen LogP contribution < -0.4 is 5.73 Å². The molecule has 1 aromatic carbocycles. The molecule has 0 radical (unpaired) electrons. The highest BCUT2D eigenvalue weighted by Gasteiger charge is 2.08. The van der Waals surface area contributed by atoms with E-state index in [0.29, 0.717) is 17.2 Å². The maximum atomic E-state index is 13.1. The third-order valence-electron chi connectivity index (χ3n) is 2.44. The Morgan fingerprint density at radius 3 is 2.88 bits per heavy atom. The van der Waals surface area contributed by atoms with Gasteiger partial charge in [-0.1, -0.05) is 12.1 Å². The standard InChI is InChI=1S/C12H8FN3S/c13-8-3-1-2-7(6-8)11-15-10(14)9-4-5-17-12(9)16-11/h1-6H,(H2,14,15,16). The summed E-state index contributed by atoms with van der Waals surface area (Å²) in [6.45, 7) is 0. The van der Waals surface area contributed by atoms with Crippen molar-refractivity contribution in [2.45, 2.75) is 0 Å². The Morgan fingerprint density at radius 2 is 2.06 bits per heavy atom. The van der Waals surface area contributed by atoms with Gasteiger partial charge in [0.2, 0.25) is 0 Å². The van der Waals surface area contributed by atoms with Crippen LogP contribution in [0.25, 0.3) is 21.6 Å². The van der Waals surface area contributed by atoms with Crippen LogP contribution in [0.3, 0.4) is 0 Å². The maximum Gasteiger partial charge on any atom is 0.163 e. The number of nitrogens with two attached hydrogens (primary N) is 1. The first-order valence-corrected chi connectivity index (χ1v) is 5.88. The summed E-state index contributed by atoms with van der Waals surface area (Å²) in [6, 6.07) is 8.05. The smallest absolute Gasteiger partial charge is 0.163 e. The quantitative estimate of drug-likeness (QED) is 0.716. The van der Waals surface area contributed by atoms with Crippen LogP contribution in [0.5, 0.6) is 0 Å². The molecule has 2 aromatic heterocycles. The molecule has 5 heteroatoms. The van der Waals surface area contributed by atoms with Crippen molar-refractivity contribution in [3.8, 4) is 11.4 Å². The SMILES string of the molecule is Nc1nc(-c2cccc(F)c2)nc2sccc12. The van der Waals surface area contributed by atoms with Gasteiger partial charge in [-0.2, -0.15) is 0 Å². The molecule has 0 saturated carbocycles. The molecule has 0 atom stereocenters. The van der Waals surface area contributed by atoms with Crippen LogP contribution in [0.4, 0.5) is 10.2 Å². The normalized spacial score (nSPS) is 10.9. The predicted molar refractivity (Wildman–Crippen MR) is 67.2 cm³/mol. The lowest BCUT2D eigenvalue weighted by Gasteiger charge is -2.02. The highest BCUT2D eigenvalue weighted by molar-refractivity contribution is 7.16. The third-order valence-corrected chi connectivity index (χ3v) is 3.24. The van der Waals surface area contributed by atoms with Gasteiger partial charge in [0, 0.05) is 5.56 Å². The Bertz CT molecular complexity index is 693. The van der Waals surface area contributed by atoms with Gasteiger partial charge in [0.1, 0.15) is 16.5 Å². The third kappa shape index (κ3) is 1.74. The van der Waals surface area contributed by atoms with E-state index in [9.17, 15) is 4.39 Å². The minimum atomic E-state index is -0.309. The summed E-state index contributed by atoms with van der Waals surface area (Å²) in [4.78, 5) is 9.38. The molecule has 17 heavy (non-hydrogen) atoms. The zero-order valence-corrected chi connectivity index (χ0v) is 9.54. The number of nitrogens with zero attached hydrogens (tertiary/aromatic N) is 2. The van der Waals surface area contributed by atoms with Crippen LogP contribution in [-0.2, 0) is 0 Å². The number of nitrogen functional groups attached to an aromatic ring is 1. The molecular formula is C12H8FN3S. The summed E-state index contributed by atoms with van der Waals surface area (Å²) in [6.07, 6.45) is 0. The van der Waals surface area contributed by atoms with Crippen LogP contribution in [0.2, 0.25) is 0 Å². The summed E-state index contributed by atoms with van der Waals surface area (Å²) in [7, 11) is 0. The number of halogens is 1. The summed E-state index contributed by atoms with van der Waals surface area (Å²) in [5.74, 6) is 0.573. The monoisotopic (exact) mass is 245 g/mol. The molecule has 3 aromatic rings. The molecule has 3 nitrogen and oxygen atoms in total. The molecule has 0 unspecified atom stereocenters. The van der Waals surface area contributed by atoms with Crippen LogP contribution in [0, 0.1) is 5.82 Å². The van der Waals surface area contributed by atoms with Gasteiger partial charge < -0.3 is 5.73 Å².